The van der Waals surface area contributed by atoms with Crippen LogP contribution in [0.15, 0.2) is 53.3 Å². The number of halogens is 1. The highest BCUT2D eigenvalue weighted by Gasteiger charge is 2.21. The van der Waals surface area contributed by atoms with Gasteiger partial charge in [0.05, 0.1) is 16.1 Å². The third kappa shape index (κ3) is 2.17. The predicted octanol–water partition coefficient (Wildman–Crippen LogP) is 3.37. The molecule has 3 aromatic rings. The monoisotopic (exact) mass is 314 g/mol. The van der Waals surface area contributed by atoms with E-state index in [0.29, 0.717) is 21.8 Å². The topological polar surface area (TPSA) is 68.2 Å². The number of aromatic nitrogens is 1. The summed E-state index contributed by atoms with van der Waals surface area (Å²) in [4.78, 5) is 12.9. The van der Waals surface area contributed by atoms with Gasteiger partial charge in [-0.25, -0.2) is 0 Å². The van der Waals surface area contributed by atoms with Gasteiger partial charge in [0.25, 0.3) is 5.56 Å². The van der Waals surface area contributed by atoms with Gasteiger partial charge in [0.15, 0.2) is 0 Å². The molecule has 0 aliphatic carbocycles. The van der Waals surface area contributed by atoms with Crippen molar-refractivity contribution in [3.8, 4) is 11.4 Å². The summed E-state index contributed by atoms with van der Waals surface area (Å²) in [7, 11) is 0. The summed E-state index contributed by atoms with van der Waals surface area (Å²) >= 11 is 6.17. The fourth-order valence-corrected chi connectivity index (χ4v) is 2.91. The summed E-state index contributed by atoms with van der Waals surface area (Å²) in [5.74, 6) is -0.0176. The standard InChI is InChI=1S/C17H15ClN2O2/c1-10(19)15-16(21)12-8-5-9-13(18)14(12)17(22)20(15)11-6-3-2-4-7-11/h2-10,21H,19H2,1H3/t10-/m0/s1. The number of fused-ring (bicyclic) bond motifs is 1. The van der Waals surface area contributed by atoms with Crippen molar-refractivity contribution in [1.82, 2.24) is 4.57 Å². The summed E-state index contributed by atoms with van der Waals surface area (Å²) in [5, 5.41) is 11.6. The molecule has 0 spiro atoms. The van der Waals surface area contributed by atoms with E-state index >= 15 is 0 Å². The van der Waals surface area contributed by atoms with E-state index in [0.717, 1.165) is 0 Å². The first kappa shape index (κ1) is 14.6. The Morgan fingerprint density at radius 2 is 1.82 bits per heavy atom. The van der Waals surface area contributed by atoms with E-state index in [1.807, 2.05) is 18.2 Å². The Balaban J connectivity index is 2.55. The number of rotatable bonds is 2. The van der Waals surface area contributed by atoms with E-state index in [1.54, 1.807) is 37.3 Å². The van der Waals surface area contributed by atoms with Crippen LogP contribution in [0.1, 0.15) is 18.7 Å². The van der Waals surface area contributed by atoms with Crippen molar-refractivity contribution in [2.45, 2.75) is 13.0 Å². The molecular formula is C17H15ClN2O2. The lowest BCUT2D eigenvalue weighted by Gasteiger charge is -2.19. The fraction of sp³-hybridized carbons (Fsp3) is 0.118. The number of benzene rings is 2. The molecule has 0 amide bonds. The van der Waals surface area contributed by atoms with Crippen LogP contribution in [0.5, 0.6) is 5.75 Å². The first-order valence-electron chi connectivity index (χ1n) is 6.89. The number of pyridine rings is 1. The Labute approximate surface area is 132 Å². The second-order valence-corrected chi connectivity index (χ2v) is 5.57. The summed E-state index contributed by atoms with van der Waals surface area (Å²) < 4.78 is 1.42. The van der Waals surface area contributed by atoms with Crippen molar-refractivity contribution < 1.29 is 5.11 Å². The summed E-state index contributed by atoms with van der Waals surface area (Å²) in [6, 6.07) is 13.5. The molecular weight excluding hydrogens is 300 g/mol. The Morgan fingerprint density at radius 1 is 1.14 bits per heavy atom. The molecule has 0 saturated carbocycles. The maximum Gasteiger partial charge on any atom is 0.265 e. The van der Waals surface area contributed by atoms with Gasteiger partial charge >= 0.3 is 0 Å². The quantitative estimate of drug-likeness (QED) is 0.762. The van der Waals surface area contributed by atoms with Gasteiger partial charge in [-0.2, -0.15) is 0 Å². The third-order valence-electron chi connectivity index (χ3n) is 3.61. The van der Waals surface area contributed by atoms with Gasteiger partial charge in [-0.05, 0) is 25.1 Å². The van der Waals surface area contributed by atoms with E-state index < -0.39 is 6.04 Å². The van der Waals surface area contributed by atoms with Crippen molar-refractivity contribution in [3.05, 3.63) is 69.6 Å². The molecule has 2 aromatic carbocycles. The number of aromatic hydroxyl groups is 1. The molecule has 3 rings (SSSR count). The van der Waals surface area contributed by atoms with Crippen LogP contribution >= 0.6 is 11.6 Å². The van der Waals surface area contributed by atoms with Crippen molar-refractivity contribution >= 4 is 22.4 Å². The smallest absolute Gasteiger partial charge is 0.265 e. The molecule has 5 heteroatoms. The number of para-hydroxylation sites is 1. The molecule has 1 atom stereocenters. The molecule has 22 heavy (non-hydrogen) atoms. The Hall–Kier alpha value is -2.30. The molecule has 0 aliphatic rings. The lowest BCUT2D eigenvalue weighted by Crippen LogP contribution is -2.26. The summed E-state index contributed by atoms with van der Waals surface area (Å²) in [6.07, 6.45) is 0. The normalized spacial score (nSPS) is 12.5. The van der Waals surface area contributed by atoms with Gasteiger partial charge in [0.1, 0.15) is 5.75 Å². The molecule has 1 heterocycles. The van der Waals surface area contributed by atoms with E-state index in [4.69, 9.17) is 17.3 Å². The van der Waals surface area contributed by atoms with Gasteiger partial charge in [-0.1, -0.05) is 41.9 Å². The van der Waals surface area contributed by atoms with Crippen LogP contribution in [0.4, 0.5) is 0 Å². The molecule has 3 N–H and O–H groups in total. The van der Waals surface area contributed by atoms with Gasteiger partial charge in [-0.15, -0.1) is 0 Å². The van der Waals surface area contributed by atoms with Crippen LogP contribution < -0.4 is 11.3 Å². The lowest BCUT2D eigenvalue weighted by molar-refractivity contribution is 0.460. The van der Waals surface area contributed by atoms with Crippen LogP contribution in [0.2, 0.25) is 5.02 Å². The first-order chi connectivity index (χ1) is 10.5. The van der Waals surface area contributed by atoms with Crippen LogP contribution in [-0.2, 0) is 0 Å². The molecule has 0 saturated heterocycles. The average Bonchev–Trinajstić information content (AvgIpc) is 2.50. The minimum absolute atomic E-state index is 0.0176. The van der Waals surface area contributed by atoms with Crippen molar-refractivity contribution in [2.24, 2.45) is 5.73 Å². The van der Waals surface area contributed by atoms with E-state index in [1.165, 1.54) is 4.57 Å². The minimum Gasteiger partial charge on any atom is -0.505 e. The molecule has 112 valence electrons. The second-order valence-electron chi connectivity index (χ2n) is 5.16. The number of hydrogen-bond donors (Lipinski definition) is 2. The van der Waals surface area contributed by atoms with Crippen LogP contribution in [0.25, 0.3) is 16.5 Å². The molecule has 4 nitrogen and oxygen atoms in total. The number of nitrogens with two attached hydrogens (primary N) is 1. The van der Waals surface area contributed by atoms with Gasteiger partial charge in [-0.3, -0.25) is 9.36 Å². The molecule has 0 bridgehead atoms. The van der Waals surface area contributed by atoms with Crippen LogP contribution in [0.3, 0.4) is 0 Å². The van der Waals surface area contributed by atoms with Gasteiger partial charge in [0.2, 0.25) is 0 Å². The van der Waals surface area contributed by atoms with Gasteiger partial charge < -0.3 is 10.8 Å². The van der Waals surface area contributed by atoms with E-state index in [-0.39, 0.29) is 16.7 Å². The number of nitrogens with zero attached hydrogens (tertiary/aromatic N) is 1. The first-order valence-corrected chi connectivity index (χ1v) is 7.27. The largest absolute Gasteiger partial charge is 0.505 e. The van der Waals surface area contributed by atoms with Crippen molar-refractivity contribution in [1.29, 1.82) is 0 Å². The lowest BCUT2D eigenvalue weighted by atomic mass is 10.1. The maximum absolute atomic E-state index is 12.9. The zero-order valence-electron chi connectivity index (χ0n) is 12.0. The summed E-state index contributed by atoms with van der Waals surface area (Å²) in [6.45, 7) is 1.73. The maximum atomic E-state index is 12.9. The van der Waals surface area contributed by atoms with Crippen LogP contribution in [-0.4, -0.2) is 9.67 Å². The SMILES string of the molecule is C[C@H](N)c1c(O)c2cccc(Cl)c2c(=O)n1-c1ccccc1. The Bertz CT molecular complexity index is 902. The van der Waals surface area contributed by atoms with Crippen molar-refractivity contribution in [3.63, 3.8) is 0 Å². The molecule has 0 radical (unpaired) electrons. The highest BCUT2D eigenvalue weighted by molar-refractivity contribution is 6.35. The van der Waals surface area contributed by atoms with E-state index in [9.17, 15) is 9.90 Å². The highest BCUT2D eigenvalue weighted by atomic mass is 35.5. The third-order valence-corrected chi connectivity index (χ3v) is 3.93. The molecule has 1 aromatic heterocycles. The molecule has 0 fully saturated rings. The van der Waals surface area contributed by atoms with E-state index in [2.05, 4.69) is 0 Å². The zero-order valence-corrected chi connectivity index (χ0v) is 12.7. The Morgan fingerprint density at radius 3 is 2.45 bits per heavy atom. The molecule has 0 aliphatic heterocycles. The average molecular weight is 315 g/mol. The molecule has 0 unspecified atom stereocenters. The van der Waals surface area contributed by atoms with Crippen LogP contribution in [0, 0.1) is 0 Å². The minimum atomic E-state index is -0.517. The predicted molar refractivity (Wildman–Crippen MR) is 88.8 cm³/mol. The highest BCUT2D eigenvalue weighted by Crippen LogP contribution is 2.33. The second kappa shape index (κ2) is 5.48. The van der Waals surface area contributed by atoms with Crippen molar-refractivity contribution in [2.75, 3.05) is 0 Å². The summed E-state index contributed by atoms with van der Waals surface area (Å²) in [5.41, 5.74) is 6.71. The Kier molecular flexibility index (Phi) is 3.64. The van der Waals surface area contributed by atoms with Gasteiger partial charge in [0, 0.05) is 17.1 Å². The zero-order chi connectivity index (χ0) is 15.9. The number of hydrogen-bond acceptors (Lipinski definition) is 3. The fourth-order valence-electron chi connectivity index (χ4n) is 2.66.